The van der Waals surface area contributed by atoms with Crippen molar-refractivity contribution < 1.29 is 8.78 Å². The van der Waals surface area contributed by atoms with Gasteiger partial charge in [0.05, 0.1) is 23.1 Å². The number of pyridine rings is 2. The Balaban J connectivity index is 1.29. The molecule has 0 bridgehead atoms. The van der Waals surface area contributed by atoms with E-state index in [1.54, 1.807) is 30.7 Å². The van der Waals surface area contributed by atoms with Crippen LogP contribution in [0.4, 0.5) is 14.5 Å². The van der Waals surface area contributed by atoms with Gasteiger partial charge in [-0.05, 0) is 72.9 Å². The lowest BCUT2D eigenvalue weighted by molar-refractivity contribution is 0.371. The first-order chi connectivity index (χ1) is 19.0. The smallest absolute Gasteiger partial charge is 0.157 e. The van der Waals surface area contributed by atoms with Gasteiger partial charge >= 0.3 is 0 Å². The third-order valence-electron chi connectivity index (χ3n) is 7.34. The minimum Gasteiger partial charge on any atom is -0.358 e. The highest BCUT2D eigenvalue weighted by molar-refractivity contribution is 5.97. The molecule has 1 fully saturated rings. The van der Waals surface area contributed by atoms with Crippen molar-refractivity contribution in [3.8, 4) is 33.9 Å². The van der Waals surface area contributed by atoms with Crippen LogP contribution in [-0.4, -0.2) is 30.1 Å². The topological polar surface area (TPSA) is 95.2 Å². The summed E-state index contributed by atoms with van der Waals surface area (Å²) in [5.41, 5.74) is 6.71. The van der Waals surface area contributed by atoms with Crippen LogP contribution in [0.2, 0.25) is 0 Å². The lowest BCUT2D eigenvalue weighted by Gasteiger charge is -2.28. The van der Waals surface area contributed by atoms with Gasteiger partial charge in [0.15, 0.2) is 11.6 Å². The Morgan fingerprint density at radius 2 is 1.79 bits per heavy atom. The number of imidazole rings is 1. The van der Waals surface area contributed by atoms with E-state index in [0.717, 1.165) is 40.9 Å². The number of nitrogens with zero attached hydrogens (tertiary/aromatic N) is 4. The highest BCUT2D eigenvalue weighted by Gasteiger charge is 2.21. The van der Waals surface area contributed by atoms with Gasteiger partial charge in [0, 0.05) is 34.6 Å². The average molecular weight is 520 g/mol. The first-order valence-electron chi connectivity index (χ1n) is 12.7. The van der Waals surface area contributed by atoms with E-state index in [2.05, 4.69) is 37.0 Å². The molecule has 0 unspecified atom stereocenters. The van der Waals surface area contributed by atoms with Gasteiger partial charge in [-0.2, -0.15) is 5.10 Å². The monoisotopic (exact) mass is 519 g/mol. The molecule has 7 rings (SSSR count). The fourth-order valence-electron chi connectivity index (χ4n) is 5.01. The maximum atomic E-state index is 15.2. The maximum absolute atomic E-state index is 15.2. The van der Waals surface area contributed by atoms with Crippen molar-refractivity contribution in [1.29, 1.82) is 0 Å². The zero-order chi connectivity index (χ0) is 26.5. The summed E-state index contributed by atoms with van der Waals surface area (Å²) >= 11 is 0. The number of aromatic nitrogens is 6. The number of hydrogen-bond donors (Lipinski definition) is 3. The molecule has 0 atom stereocenters. The quantitative estimate of drug-likeness (QED) is 0.216. The Labute approximate surface area is 222 Å². The average Bonchev–Trinajstić information content (AvgIpc) is 3.53. The van der Waals surface area contributed by atoms with Crippen LogP contribution in [0.15, 0.2) is 79.4 Å². The molecule has 4 aromatic heterocycles. The molecular formula is C30H23F2N7. The Morgan fingerprint density at radius 3 is 2.59 bits per heavy atom. The molecule has 9 heteroatoms. The zero-order valence-corrected chi connectivity index (χ0v) is 20.8. The van der Waals surface area contributed by atoms with Crippen molar-refractivity contribution in [3.63, 3.8) is 0 Å². The second-order valence-electron chi connectivity index (χ2n) is 9.84. The number of fused-ring (bicyclic) bond motifs is 2. The molecule has 7 nitrogen and oxygen atoms in total. The van der Waals surface area contributed by atoms with Crippen LogP contribution in [0.5, 0.6) is 0 Å². The number of H-pyrrole nitrogens is 2. The molecule has 2 aromatic carbocycles. The fraction of sp³-hybridized carbons (Fsp3) is 0.133. The predicted octanol–water partition coefficient (Wildman–Crippen LogP) is 7.23. The second kappa shape index (κ2) is 9.13. The zero-order valence-electron chi connectivity index (χ0n) is 20.8. The molecule has 0 amide bonds. The molecule has 1 aliphatic rings. The second-order valence-corrected chi connectivity index (χ2v) is 9.84. The molecular weight excluding hydrogens is 496 g/mol. The standard InChI is InChI=1S/C30H23F2N7/c1-16(17-3-2-4-17)35-22-11-20(14-33-15-22)19-12-23-27(24(32)13-19)38-39-28(23)30-36-25-9-10-34-26(29(25)37-30)18-5-7-21(31)8-6-18/h5-15,17,35H,1-4H2,(H,36,37)(H,38,39). The van der Waals surface area contributed by atoms with Crippen LogP contribution < -0.4 is 5.32 Å². The van der Waals surface area contributed by atoms with Gasteiger partial charge in [0.2, 0.25) is 0 Å². The summed E-state index contributed by atoms with van der Waals surface area (Å²) < 4.78 is 28.7. The van der Waals surface area contributed by atoms with E-state index in [1.807, 2.05) is 18.2 Å². The Hall–Kier alpha value is -4.92. The molecule has 4 heterocycles. The summed E-state index contributed by atoms with van der Waals surface area (Å²) in [5, 5.41) is 11.1. The molecule has 0 saturated heterocycles. The number of benzene rings is 2. The van der Waals surface area contributed by atoms with E-state index in [0.29, 0.717) is 39.6 Å². The van der Waals surface area contributed by atoms with Crippen molar-refractivity contribution in [2.75, 3.05) is 5.32 Å². The molecule has 0 radical (unpaired) electrons. The number of hydrogen-bond acceptors (Lipinski definition) is 5. The summed E-state index contributed by atoms with van der Waals surface area (Å²) in [4.78, 5) is 16.9. The Morgan fingerprint density at radius 1 is 0.949 bits per heavy atom. The first kappa shape index (κ1) is 23.2. The summed E-state index contributed by atoms with van der Waals surface area (Å²) in [7, 11) is 0. The molecule has 6 aromatic rings. The van der Waals surface area contributed by atoms with Crippen LogP contribution in [0, 0.1) is 17.6 Å². The fourth-order valence-corrected chi connectivity index (χ4v) is 5.01. The Bertz CT molecular complexity index is 1870. The third-order valence-corrected chi connectivity index (χ3v) is 7.34. The van der Waals surface area contributed by atoms with E-state index in [4.69, 9.17) is 4.98 Å². The predicted molar refractivity (Wildman–Crippen MR) is 148 cm³/mol. The van der Waals surface area contributed by atoms with Crippen molar-refractivity contribution in [2.45, 2.75) is 19.3 Å². The Kier molecular flexibility index (Phi) is 5.43. The summed E-state index contributed by atoms with van der Waals surface area (Å²) in [6.07, 6.45) is 8.64. The van der Waals surface area contributed by atoms with Crippen LogP contribution in [0.1, 0.15) is 19.3 Å². The largest absolute Gasteiger partial charge is 0.358 e. The van der Waals surface area contributed by atoms with Crippen molar-refractivity contribution in [1.82, 2.24) is 30.1 Å². The number of aromatic amines is 2. The molecule has 3 N–H and O–H groups in total. The number of nitrogens with one attached hydrogen (secondary N) is 3. The van der Waals surface area contributed by atoms with Crippen molar-refractivity contribution in [2.24, 2.45) is 5.92 Å². The summed E-state index contributed by atoms with van der Waals surface area (Å²) in [6.45, 7) is 4.17. The van der Waals surface area contributed by atoms with Gasteiger partial charge in [-0.15, -0.1) is 0 Å². The van der Waals surface area contributed by atoms with E-state index in [-0.39, 0.29) is 11.3 Å². The van der Waals surface area contributed by atoms with E-state index in [1.165, 1.54) is 24.6 Å². The molecule has 1 aliphatic carbocycles. The molecule has 1 saturated carbocycles. The third kappa shape index (κ3) is 4.12. The van der Waals surface area contributed by atoms with Crippen LogP contribution in [0.3, 0.4) is 0 Å². The van der Waals surface area contributed by atoms with Crippen LogP contribution >= 0.6 is 0 Å². The van der Waals surface area contributed by atoms with Gasteiger partial charge in [0.1, 0.15) is 22.5 Å². The number of anilines is 1. The normalized spacial score (nSPS) is 13.6. The maximum Gasteiger partial charge on any atom is 0.157 e. The van der Waals surface area contributed by atoms with Crippen molar-refractivity contribution in [3.05, 3.63) is 91.0 Å². The first-order valence-corrected chi connectivity index (χ1v) is 12.7. The van der Waals surface area contributed by atoms with E-state index >= 15 is 4.39 Å². The summed E-state index contributed by atoms with van der Waals surface area (Å²) in [6, 6.07) is 13.2. The number of allylic oxidation sites excluding steroid dienone is 1. The molecule has 0 aliphatic heterocycles. The van der Waals surface area contributed by atoms with Crippen LogP contribution in [-0.2, 0) is 0 Å². The van der Waals surface area contributed by atoms with Gasteiger partial charge in [0.25, 0.3) is 0 Å². The highest BCUT2D eigenvalue weighted by atomic mass is 19.1. The van der Waals surface area contributed by atoms with Gasteiger partial charge in [-0.25, -0.2) is 13.8 Å². The lowest BCUT2D eigenvalue weighted by Crippen LogP contribution is -2.18. The van der Waals surface area contributed by atoms with Gasteiger partial charge in [-0.1, -0.05) is 13.0 Å². The van der Waals surface area contributed by atoms with Gasteiger partial charge < -0.3 is 10.3 Å². The molecule has 192 valence electrons. The van der Waals surface area contributed by atoms with E-state index < -0.39 is 5.82 Å². The highest BCUT2D eigenvalue weighted by Crippen LogP contribution is 2.35. The van der Waals surface area contributed by atoms with Crippen LogP contribution in [0.25, 0.3) is 55.8 Å². The minimum absolute atomic E-state index is 0.215. The number of rotatable bonds is 6. The van der Waals surface area contributed by atoms with E-state index in [9.17, 15) is 4.39 Å². The van der Waals surface area contributed by atoms with Gasteiger partial charge in [-0.3, -0.25) is 15.1 Å². The SMILES string of the molecule is C=C(Nc1cncc(-c2cc(F)c3n[nH]c(-c4nc5c(-c6ccc(F)cc6)nccc5[nH]4)c3c2)c1)C1CCC1. The minimum atomic E-state index is -0.452. The summed E-state index contributed by atoms with van der Waals surface area (Å²) in [5.74, 6) is 0.200. The molecule has 0 spiro atoms. The van der Waals surface area contributed by atoms with Crippen molar-refractivity contribution >= 4 is 27.6 Å². The lowest BCUT2D eigenvalue weighted by atomic mass is 9.83. The number of halogens is 2. The molecule has 39 heavy (non-hydrogen) atoms.